The zero-order chi connectivity index (χ0) is 19.4. The first-order chi connectivity index (χ1) is 13.0. The molecule has 10 heteroatoms. The zero-order valence-corrected chi connectivity index (χ0v) is 15.6. The first kappa shape index (κ1) is 18.9. The average Bonchev–Trinajstić information content (AvgIpc) is 3.13. The minimum atomic E-state index is -0.657. The fourth-order valence-corrected chi connectivity index (χ4v) is 3.35. The van der Waals surface area contributed by atoms with E-state index in [1.54, 1.807) is 25.1 Å². The Morgan fingerprint density at radius 3 is 2.67 bits per heavy atom. The number of esters is 1. The number of ether oxygens (including phenoxy) is 1. The van der Waals surface area contributed by atoms with Crippen molar-refractivity contribution in [1.29, 1.82) is 0 Å². The number of hydrogen-bond acceptors (Lipinski definition) is 7. The van der Waals surface area contributed by atoms with Crippen LogP contribution in [0.4, 0.5) is 5.69 Å². The van der Waals surface area contributed by atoms with Crippen LogP contribution in [0.1, 0.15) is 17.4 Å². The number of benzene rings is 2. The predicted molar refractivity (Wildman–Crippen MR) is 100 cm³/mol. The van der Waals surface area contributed by atoms with Crippen LogP contribution in [0.15, 0.2) is 52.3 Å². The molecule has 3 rings (SSSR count). The van der Waals surface area contributed by atoms with Gasteiger partial charge in [-0.1, -0.05) is 23.4 Å². The lowest BCUT2D eigenvalue weighted by Crippen LogP contribution is -2.07. The van der Waals surface area contributed by atoms with Crippen molar-refractivity contribution in [2.45, 2.75) is 16.7 Å². The second-order valence-corrected chi connectivity index (χ2v) is 6.79. The number of nitro groups is 1. The molecule has 0 saturated heterocycles. The highest BCUT2D eigenvalue weighted by atomic mass is 35.5. The van der Waals surface area contributed by atoms with Crippen molar-refractivity contribution in [2.75, 3.05) is 6.61 Å². The Morgan fingerprint density at radius 1 is 1.26 bits per heavy atom. The number of carbonyl (C=O) groups excluding carboxylic acids is 1. The van der Waals surface area contributed by atoms with E-state index in [4.69, 9.17) is 16.3 Å². The Balaban J connectivity index is 2.08. The van der Waals surface area contributed by atoms with Gasteiger partial charge in [0.05, 0.1) is 11.5 Å². The summed E-state index contributed by atoms with van der Waals surface area (Å²) in [6.07, 6.45) is 0. The molecule has 0 aliphatic carbocycles. The first-order valence-electron chi connectivity index (χ1n) is 7.79. The minimum Gasteiger partial charge on any atom is -0.461 e. The Morgan fingerprint density at radius 2 is 2.00 bits per heavy atom. The molecular formula is C17H13ClN4O4S. The molecule has 1 aromatic heterocycles. The number of nitrogens with one attached hydrogen (secondary N) is 1. The van der Waals surface area contributed by atoms with Crippen molar-refractivity contribution >= 4 is 35.0 Å². The largest absolute Gasteiger partial charge is 0.461 e. The third-order valence-electron chi connectivity index (χ3n) is 3.49. The van der Waals surface area contributed by atoms with Gasteiger partial charge in [0.25, 0.3) is 5.69 Å². The minimum absolute atomic E-state index is 0.0321. The summed E-state index contributed by atoms with van der Waals surface area (Å²) in [6, 6.07) is 11.5. The molecule has 0 radical (unpaired) electrons. The number of non-ortho nitro benzene ring substituents is 1. The van der Waals surface area contributed by atoms with Crippen molar-refractivity contribution in [3.63, 3.8) is 0 Å². The van der Waals surface area contributed by atoms with E-state index in [1.807, 2.05) is 12.1 Å². The van der Waals surface area contributed by atoms with Crippen molar-refractivity contribution in [1.82, 2.24) is 15.4 Å². The Bertz CT molecular complexity index is 991. The predicted octanol–water partition coefficient (Wildman–Crippen LogP) is 4.36. The molecule has 27 heavy (non-hydrogen) atoms. The van der Waals surface area contributed by atoms with Gasteiger partial charge in [0.2, 0.25) is 0 Å². The molecule has 8 nitrogen and oxygen atoms in total. The topological polar surface area (TPSA) is 111 Å². The van der Waals surface area contributed by atoms with Gasteiger partial charge in [0.1, 0.15) is 5.69 Å². The van der Waals surface area contributed by atoms with Gasteiger partial charge in [0.15, 0.2) is 5.69 Å². The van der Waals surface area contributed by atoms with Crippen LogP contribution in [-0.4, -0.2) is 32.9 Å². The molecule has 1 heterocycles. The number of nitrogens with zero attached hydrogens (tertiary/aromatic N) is 3. The molecule has 0 atom stereocenters. The molecule has 0 amide bonds. The summed E-state index contributed by atoms with van der Waals surface area (Å²) in [6.45, 7) is 1.85. The maximum Gasteiger partial charge on any atom is 0.361 e. The molecule has 138 valence electrons. The van der Waals surface area contributed by atoms with Gasteiger partial charge in [-0.15, -0.1) is 5.10 Å². The highest BCUT2D eigenvalue weighted by molar-refractivity contribution is 7.99. The van der Waals surface area contributed by atoms with Gasteiger partial charge in [-0.2, -0.15) is 10.3 Å². The van der Waals surface area contributed by atoms with Crippen LogP contribution in [0, 0.1) is 10.1 Å². The molecule has 0 aliphatic heterocycles. The summed E-state index contributed by atoms with van der Waals surface area (Å²) in [5, 5.41) is 22.0. The fraction of sp³-hybridized carbons (Fsp3) is 0.118. The van der Waals surface area contributed by atoms with Crippen LogP contribution >= 0.6 is 23.4 Å². The number of carbonyl (C=O) groups is 1. The molecule has 0 bridgehead atoms. The maximum atomic E-state index is 12.1. The Kier molecular flexibility index (Phi) is 5.72. The number of hydrogen-bond donors (Lipinski definition) is 1. The molecule has 1 N–H and O–H groups in total. The van der Waals surface area contributed by atoms with Crippen molar-refractivity contribution in [3.8, 4) is 11.3 Å². The summed E-state index contributed by atoms with van der Waals surface area (Å²) in [4.78, 5) is 24.4. The first-order valence-corrected chi connectivity index (χ1v) is 8.99. The lowest BCUT2D eigenvalue weighted by Gasteiger charge is -2.08. The quantitative estimate of drug-likeness (QED) is 0.369. The van der Waals surface area contributed by atoms with Gasteiger partial charge in [-0.05, 0) is 37.3 Å². The number of rotatable bonds is 6. The lowest BCUT2D eigenvalue weighted by molar-refractivity contribution is -0.384. The molecule has 0 unspecified atom stereocenters. The van der Waals surface area contributed by atoms with Crippen LogP contribution in [0.5, 0.6) is 0 Å². The maximum absolute atomic E-state index is 12.1. The molecule has 0 spiro atoms. The van der Waals surface area contributed by atoms with E-state index in [0.717, 1.165) is 4.90 Å². The summed E-state index contributed by atoms with van der Waals surface area (Å²) >= 11 is 7.27. The van der Waals surface area contributed by atoms with E-state index in [9.17, 15) is 14.9 Å². The van der Waals surface area contributed by atoms with Crippen molar-refractivity contribution in [2.24, 2.45) is 0 Å². The summed E-state index contributed by atoms with van der Waals surface area (Å²) in [5.41, 5.74) is 0.438. The van der Waals surface area contributed by atoms with Crippen LogP contribution < -0.4 is 0 Å². The van der Waals surface area contributed by atoms with Crippen LogP contribution in [-0.2, 0) is 4.74 Å². The standard InChI is InChI=1S/C17H13ClN4O4S/c1-2-26-17(23)16-15(19-21-20-16)13-9-11(22(24)25)5-8-14(13)27-12-6-3-10(18)4-7-12/h3-9H,2H2,1H3,(H,19,20,21). The molecule has 0 fully saturated rings. The SMILES string of the molecule is CCOC(=O)c1n[nH]nc1-c1cc([N+](=O)[O-])ccc1Sc1ccc(Cl)cc1. The monoisotopic (exact) mass is 404 g/mol. The summed E-state index contributed by atoms with van der Waals surface area (Å²) < 4.78 is 4.98. The lowest BCUT2D eigenvalue weighted by atomic mass is 10.1. The molecule has 0 saturated carbocycles. The molecule has 2 aromatic carbocycles. The highest BCUT2D eigenvalue weighted by Gasteiger charge is 2.23. The van der Waals surface area contributed by atoms with Gasteiger partial charge in [-0.3, -0.25) is 10.1 Å². The number of aromatic nitrogens is 3. The van der Waals surface area contributed by atoms with E-state index in [2.05, 4.69) is 15.4 Å². The van der Waals surface area contributed by atoms with E-state index < -0.39 is 10.9 Å². The average molecular weight is 405 g/mol. The van der Waals surface area contributed by atoms with Gasteiger partial charge >= 0.3 is 5.97 Å². The summed E-state index contributed by atoms with van der Waals surface area (Å²) in [5.74, 6) is -0.657. The second kappa shape index (κ2) is 8.19. The Hall–Kier alpha value is -2.91. The number of halogens is 1. The number of H-pyrrole nitrogens is 1. The van der Waals surface area contributed by atoms with Crippen LogP contribution in [0.3, 0.4) is 0 Å². The van der Waals surface area contributed by atoms with Crippen molar-refractivity contribution in [3.05, 3.63) is 63.3 Å². The third-order valence-corrected chi connectivity index (χ3v) is 4.82. The number of aromatic amines is 1. The highest BCUT2D eigenvalue weighted by Crippen LogP contribution is 2.38. The van der Waals surface area contributed by atoms with E-state index in [1.165, 1.54) is 23.9 Å². The zero-order valence-electron chi connectivity index (χ0n) is 14.0. The second-order valence-electron chi connectivity index (χ2n) is 5.23. The van der Waals surface area contributed by atoms with Crippen molar-refractivity contribution < 1.29 is 14.5 Å². The molecule has 0 aliphatic rings. The van der Waals surface area contributed by atoms with Gasteiger partial charge < -0.3 is 4.74 Å². The number of nitro benzene ring substituents is 1. The van der Waals surface area contributed by atoms with Gasteiger partial charge in [-0.25, -0.2) is 4.79 Å². The third kappa shape index (κ3) is 4.26. The Labute approximate surface area is 163 Å². The normalized spacial score (nSPS) is 10.6. The van der Waals surface area contributed by atoms with E-state index in [-0.39, 0.29) is 23.7 Å². The van der Waals surface area contributed by atoms with E-state index >= 15 is 0 Å². The summed E-state index contributed by atoms with van der Waals surface area (Å²) in [7, 11) is 0. The van der Waals surface area contributed by atoms with Gasteiger partial charge in [0, 0.05) is 32.5 Å². The smallest absolute Gasteiger partial charge is 0.361 e. The molecular weight excluding hydrogens is 392 g/mol. The van der Waals surface area contributed by atoms with Crippen LogP contribution in [0.2, 0.25) is 5.02 Å². The molecule has 3 aromatic rings. The fourth-order valence-electron chi connectivity index (χ4n) is 2.30. The van der Waals surface area contributed by atoms with E-state index in [0.29, 0.717) is 15.5 Å². The van der Waals surface area contributed by atoms with Crippen LogP contribution in [0.25, 0.3) is 11.3 Å².